The first-order valence-electron chi connectivity index (χ1n) is 35.1. The summed E-state index contributed by atoms with van der Waals surface area (Å²) in [5.41, 5.74) is 5.55. The Morgan fingerprint density at radius 3 is 1.42 bits per heavy atom. The first-order valence-corrected chi connectivity index (χ1v) is 35.1. The number of hydrogen-bond acceptors (Lipinski definition) is 22. The molecular weight excluding hydrogens is 1250 g/mol. The fourth-order valence-corrected chi connectivity index (χ4v) is 9.66. The van der Waals surface area contributed by atoms with Crippen LogP contribution in [0.15, 0.2) is 0 Å². The zero-order valence-electron chi connectivity index (χ0n) is 59.1. The number of ether oxygens (including phenoxy) is 4. The standard InChI is InChI=1S/C65H123N15O16/c1-9-17-20-22-27-71-57(84)45-53(77-58(85)42-49(12-4)60(87)74-28-23-21-18-10-2)63(90)78-52(62(89)75-36-32-67-29-33-69-54(59(66)86)46-95-64(91)93-39-24-37-79(13-5)14-6)44-51(82)41-50(61(88)73-26-19-11-3)43-56(83)72-35-31-68-30-34-70-55(76-48-81)47-96-65(92)94-40-25-38-80(15-7)16-8/h48-50,52-55,67-70H,9-47H2,1-8H3,(H2,66,86)(H,71,84)(H,72,83)(H,73,88)(H,74,87)(H,75,89)(H,76,81)(H,77,85)(H,78,90). The molecule has 6 atom stereocenters. The van der Waals surface area contributed by atoms with Crippen LogP contribution in [0, 0.1) is 11.8 Å². The predicted octanol–water partition coefficient (Wildman–Crippen LogP) is 0.714. The molecule has 0 aromatic heterocycles. The number of unbranched alkanes of at least 4 members (excludes halogenated alkanes) is 7. The van der Waals surface area contributed by atoms with Crippen LogP contribution in [0.2, 0.25) is 0 Å². The van der Waals surface area contributed by atoms with Gasteiger partial charge in [-0.1, -0.05) is 100 Å². The smallest absolute Gasteiger partial charge is 0.434 e. The van der Waals surface area contributed by atoms with Gasteiger partial charge in [0.2, 0.25) is 53.7 Å². The van der Waals surface area contributed by atoms with E-state index in [0.717, 1.165) is 90.6 Å². The van der Waals surface area contributed by atoms with E-state index in [-0.39, 0.29) is 84.6 Å². The van der Waals surface area contributed by atoms with Gasteiger partial charge in [0.15, 0.2) is 0 Å². The number of primary amides is 1. The van der Waals surface area contributed by atoms with Gasteiger partial charge in [-0.05, 0) is 64.7 Å². The number of nitrogens with zero attached hydrogens (tertiary/aromatic N) is 2. The lowest BCUT2D eigenvalue weighted by Gasteiger charge is -2.24. The average molecular weight is 1370 g/mol. The van der Waals surface area contributed by atoms with E-state index in [0.29, 0.717) is 64.7 Å². The summed E-state index contributed by atoms with van der Waals surface area (Å²) in [5.74, 6) is -7.96. The summed E-state index contributed by atoms with van der Waals surface area (Å²) in [5, 5.41) is 33.8. The molecule has 0 aliphatic rings. The van der Waals surface area contributed by atoms with Crippen LogP contribution in [0.5, 0.6) is 0 Å². The van der Waals surface area contributed by atoms with Crippen molar-refractivity contribution in [2.45, 2.75) is 195 Å². The molecule has 0 heterocycles. The molecule has 0 rings (SSSR count). The topological polar surface area (TPSA) is 419 Å². The second-order valence-corrected chi connectivity index (χ2v) is 23.4. The fraction of sp³-hybridized carbons (Fsp3) is 0.815. The Kier molecular flexibility index (Phi) is 55.3. The van der Waals surface area contributed by atoms with Crippen molar-refractivity contribution < 1.29 is 76.5 Å². The number of carbonyl (C=O) groups is 12. The van der Waals surface area contributed by atoms with Gasteiger partial charge < -0.3 is 93.0 Å². The van der Waals surface area contributed by atoms with Crippen molar-refractivity contribution in [1.29, 1.82) is 0 Å². The second kappa shape index (κ2) is 59.5. The summed E-state index contributed by atoms with van der Waals surface area (Å²) in [7, 11) is 0. The molecule has 0 aromatic rings. The summed E-state index contributed by atoms with van der Waals surface area (Å²) < 4.78 is 20.5. The van der Waals surface area contributed by atoms with Crippen molar-refractivity contribution in [2.24, 2.45) is 17.6 Å². The lowest BCUT2D eigenvalue weighted by Crippen LogP contribution is -2.56. The van der Waals surface area contributed by atoms with E-state index in [1.165, 1.54) is 0 Å². The molecule has 6 unspecified atom stereocenters. The number of carbonyl (C=O) groups excluding carboxylic acids is 12. The van der Waals surface area contributed by atoms with E-state index in [4.69, 9.17) is 24.7 Å². The minimum absolute atomic E-state index is 0.0572. The number of amides is 9. The van der Waals surface area contributed by atoms with E-state index in [9.17, 15) is 57.5 Å². The molecular formula is C65H123N15O16. The van der Waals surface area contributed by atoms with Gasteiger partial charge in [-0.2, -0.15) is 0 Å². The van der Waals surface area contributed by atoms with Crippen LogP contribution in [0.4, 0.5) is 9.59 Å². The molecule has 0 aliphatic heterocycles. The molecule has 14 N–H and O–H groups in total. The Bertz CT molecular complexity index is 2200. The quantitative estimate of drug-likeness (QED) is 0.0173. The third-order valence-electron chi connectivity index (χ3n) is 15.6. The fourth-order valence-electron chi connectivity index (χ4n) is 9.66. The van der Waals surface area contributed by atoms with Gasteiger partial charge >= 0.3 is 12.3 Å². The average Bonchev–Trinajstić information content (AvgIpc) is 0.962. The van der Waals surface area contributed by atoms with Gasteiger partial charge in [0.1, 0.15) is 43.3 Å². The van der Waals surface area contributed by atoms with Crippen LogP contribution >= 0.6 is 0 Å². The van der Waals surface area contributed by atoms with Crippen LogP contribution in [-0.2, 0) is 66.9 Å². The highest BCUT2D eigenvalue weighted by atomic mass is 16.7. The summed E-state index contributed by atoms with van der Waals surface area (Å²) in [6, 6.07) is -4.24. The van der Waals surface area contributed by atoms with Crippen LogP contribution in [0.3, 0.4) is 0 Å². The van der Waals surface area contributed by atoms with Gasteiger partial charge in [0, 0.05) is 117 Å². The molecule has 0 radical (unpaired) electrons. The predicted molar refractivity (Wildman–Crippen MR) is 365 cm³/mol. The first-order chi connectivity index (χ1) is 46.2. The van der Waals surface area contributed by atoms with Crippen molar-refractivity contribution in [3.63, 3.8) is 0 Å². The minimum atomic E-state index is -1.63. The zero-order valence-corrected chi connectivity index (χ0v) is 59.1. The maximum absolute atomic E-state index is 14.4. The monoisotopic (exact) mass is 1370 g/mol. The number of hydrogen-bond donors (Lipinski definition) is 13. The molecule has 31 heteroatoms. The minimum Gasteiger partial charge on any atom is -0.434 e. The molecule has 0 saturated heterocycles. The highest BCUT2D eigenvalue weighted by molar-refractivity contribution is 5.98. The maximum atomic E-state index is 14.4. The van der Waals surface area contributed by atoms with Crippen molar-refractivity contribution >= 4 is 71.8 Å². The number of ketones is 1. The largest absolute Gasteiger partial charge is 0.508 e. The Morgan fingerprint density at radius 2 is 0.875 bits per heavy atom. The Morgan fingerprint density at radius 1 is 0.406 bits per heavy atom. The summed E-state index contributed by atoms with van der Waals surface area (Å²) in [4.78, 5) is 162. The van der Waals surface area contributed by atoms with Crippen molar-refractivity contribution in [3.05, 3.63) is 0 Å². The summed E-state index contributed by atoms with van der Waals surface area (Å²) in [6.07, 6.45) is 5.53. The van der Waals surface area contributed by atoms with Crippen molar-refractivity contribution in [2.75, 3.05) is 138 Å². The SMILES string of the molecule is CCCCCCNC(=O)CC(NC(=O)CC(CC)C(=O)NCCCCCC)C(=O)NC(CC(=O)CC(CC(=O)NCCNCCNC(COC(=O)OCCCN(CC)CC)NC=O)C(=O)NCCCC)C(=O)NCCNCCNC(COC(=O)OCCCN(CC)CC)C(N)=O. The molecule has 0 bridgehead atoms. The number of rotatable bonds is 63. The highest BCUT2D eigenvalue weighted by Gasteiger charge is 2.33. The number of Topliss-reactive ketones (excluding diaryl/α,β-unsaturated/α-hetero) is 1. The van der Waals surface area contributed by atoms with Crippen molar-refractivity contribution in [3.8, 4) is 0 Å². The highest BCUT2D eigenvalue weighted by Crippen LogP contribution is 2.15. The van der Waals surface area contributed by atoms with Crippen LogP contribution < -0.4 is 69.5 Å². The van der Waals surface area contributed by atoms with Gasteiger partial charge in [0.05, 0.1) is 25.6 Å². The third-order valence-corrected chi connectivity index (χ3v) is 15.6. The van der Waals surface area contributed by atoms with E-state index in [2.05, 4.69) is 80.5 Å². The number of nitrogens with one attached hydrogen (secondary N) is 12. The molecule has 0 spiro atoms. The summed E-state index contributed by atoms with van der Waals surface area (Å²) >= 11 is 0. The molecule has 96 heavy (non-hydrogen) atoms. The number of nitrogens with two attached hydrogens (primary N) is 1. The molecule has 0 saturated carbocycles. The van der Waals surface area contributed by atoms with E-state index >= 15 is 0 Å². The lowest BCUT2D eigenvalue weighted by atomic mass is 9.94. The first kappa shape index (κ1) is 89.2. The van der Waals surface area contributed by atoms with Crippen LogP contribution in [0.25, 0.3) is 0 Å². The molecule has 9 amide bonds. The molecule has 31 nitrogen and oxygen atoms in total. The van der Waals surface area contributed by atoms with E-state index in [1.54, 1.807) is 6.92 Å². The Hall–Kier alpha value is -6.80. The maximum Gasteiger partial charge on any atom is 0.508 e. The lowest BCUT2D eigenvalue weighted by molar-refractivity contribution is -0.136. The Labute approximate surface area is 570 Å². The molecule has 0 aromatic carbocycles. The normalized spacial score (nSPS) is 13.0. The van der Waals surface area contributed by atoms with E-state index in [1.807, 2.05) is 41.5 Å². The van der Waals surface area contributed by atoms with Gasteiger partial charge in [-0.25, -0.2) is 9.59 Å². The van der Waals surface area contributed by atoms with Crippen LogP contribution in [0.1, 0.15) is 171 Å². The zero-order chi connectivity index (χ0) is 71.6. The van der Waals surface area contributed by atoms with Crippen molar-refractivity contribution in [1.82, 2.24) is 73.6 Å². The summed E-state index contributed by atoms with van der Waals surface area (Å²) in [6.45, 7) is 23.3. The molecule has 0 aliphatic carbocycles. The van der Waals surface area contributed by atoms with Gasteiger partial charge in [-0.15, -0.1) is 0 Å². The molecule has 0 fully saturated rings. The third kappa shape index (κ3) is 47.2. The Balaban J connectivity index is 6.33. The van der Waals surface area contributed by atoms with Gasteiger partial charge in [0.25, 0.3) is 0 Å². The van der Waals surface area contributed by atoms with Crippen LogP contribution in [-0.4, -0.2) is 244 Å². The van der Waals surface area contributed by atoms with Gasteiger partial charge in [-0.3, -0.25) is 53.3 Å². The molecule has 554 valence electrons. The second-order valence-electron chi connectivity index (χ2n) is 23.4. The van der Waals surface area contributed by atoms with E-state index < -0.39 is 121 Å².